The van der Waals surface area contributed by atoms with Crippen molar-refractivity contribution in [3.8, 4) is 0 Å². The smallest absolute Gasteiger partial charge is 0.308 e. The summed E-state index contributed by atoms with van der Waals surface area (Å²) in [6.07, 6.45) is 7.80. The molecule has 2 N–H and O–H groups in total. The van der Waals surface area contributed by atoms with Gasteiger partial charge in [0, 0.05) is 37.5 Å². The van der Waals surface area contributed by atoms with Gasteiger partial charge in [0.05, 0.1) is 0 Å². The van der Waals surface area contributed by atoms with Crippen LogP contribution in [-0.2, 0) is 32.1 Å². The maximum absolute atomic E-state index is 12.8. The third kappa shape index (κ3) is 5.82. The number of nitrogens with one attached hydrogen (secondary N) is 2. The highest BCUT2D eigenvalue weighted by molar-refractivity contribution is 7.95. The second kappa shape index (κ2) is 10.5. The lowest BCUT2D eigenvalue weighted by molar-refractivity contribution is 0.256. The Bertz CT molecular complexity index is 868. The summed E-state index contributed by atoms with van der Waals surface area (Å²) in [5.41, 5.74) is 8.05. The molecular weight excluding hydrogens is 404 g/mol. The molecule has 0 radical (unpaired) electrons. The van der Waals surface area contributed by atoms with E-state index in [1.807, 2.05) is 6.07 Å². The Morgan fingerprint density at radius 1 is 0.935 bits per heavy atom. The molecule has 0 spiro atoms. The van der Waals surface area contributed by atoms with Gasteiger partial charge in [0.25, 0.3) is 0 Å². The predicted octanol–water partition coefficient (Wildman–Crippen LogP) is 4.46. The molecule has 6 heteroatoms. The van der Waals surface area contributed by atoms with Gasteiger partial charge in [-0.2, -0.15) is 0 Å². The van der Waals surface area contributed by atoms with Gasteiger partial charge in [-0.1, -0.05) is 36.4 Å². The van der Waals surface area contributed by atoms with Gasteiger partial charge in [-0.05, 0) is 86.9 Å². The van der Waals surface area contributed by atoms with Crippen molar-refractivity contribution in [2.75, 3.05) is 39.0 Å². The summed E-state index contributed by atoms with van der Waals surface area (Å²) >= 11 is 1.42. The maximum Gasteiger partial charge on any atom is 0.330 e. The Morgan fingerprint density at radius 2 is 1.61 bits per heavy atom. The summed E-state index contributed by atoms with van der Waals surface area (Å²) in [6.45, 7) is 2.73. The highest BCUT2D eigenvalue weighted by Gasteiger charge is 2.25. The predicted molar refractivity (Wildman–Crippen MR) is 131 cm³/mol. The zero-order valence-corrected chi connectivity index (χ0v) is 19.6. The number of benzene rings is 2. The van der Waals surface area contributed by atoms with E-state index in [1.54, 1.807) is 0 Å². The first-order valence-corrected chi connectivity index (χ1v) is 12.2. The van der Waals surface area contributed by atoms with Crippen LogP contribution in [0.5, 0.6) is 0 Å². The number of fused-ring (bicyclic) bond motifs is 2. The van der Waals surface area contributed by atoms with Crippen LogP contribution >= 0.6 is 12.1 Å². The Balaban J connectivity index is 1.36. The fourth-order valence-electron chi connectivity index (χ4n) is 4.63. The zero-order chi connectivity index (χ0) is 21.6. The SMILES string of the molecule is CN(C)CCN(CCc1ccccc1)SNC(=O)Nc1c2c(cc3c1CCC3)CCC2. The van der Waals surface area contributed by atoms with Crippen LogP contribution in [0.3, 0.4) is 0 Å². The molecule has 0 bridgehead atoms. The molecule has 4 rings (SSSR count). The highest BCUT2D eigenvalue weighted by Crippen LogP contribution is 2.38. The van der Waals surface area contributed by atoms with Crippen molar-refractivity contribution >= 4 is 23.9 Å². The largest absolute Gasteiger partial charge is 0.330 e. The second-order valence-electron chi connectivity index (χ2n) is 8.85. The molecular formula is C25H34N4OS. The molecule has 5 nitrogen and oxygen atoms in total. The summed E-state index contributed by atoms with van der Waals surface area (Å²) in [5.74, 6) is 0. The van der Waals surface area contributed by atoms with Crippen LogP contribution in [0, 0.1) is 0 Å². The summed E-state index contributed by atoms with van der Waals surface area (Å²) in [4.78, 5) is 15.0. The number of urea groups is 1. The van der Waals surface area contributed by atoms with Gasteiger partial charge < -0.3 is 10.2 Å². The van der Waals surface area contributed by atoms with Crippen LogP contribution < -0.4 is 10.0 Å². The molecule has 0 saturated carbocycles. The number of rotatable bonds is 9. The number of aryl methyl sites for hydroxylation is 2. The van der Waals surface area contributed by atoms with Gasteiger partial charge in [0.2, 0.25) is 0 Å². The average molecular weight is 439 g/mol. The van der Waals surface area contributed by atoms with Crippen LogP contribution in [-0.4, -0.2) is 49.0 Å². The summed E-state index contributed by atoms with van der Waals surface area (Å²) in [6, 6.07) is 12.8. The van der Waals surface area contributed by atoms with E-state index in [2.05, 4.69) is 63.7 Å². The van der Waals surface area contributed by atoms with Gasteiger partial charge in [-0.25, -0.2) is 9.10 Å². The van der Waals surface area contributed by atoms with E-state index in [4.69, 9.17) is 0 Å². The lowest BCUT2D eigenvalue weighted by Gasteiger charge is -2.23. The van der Waals surface area contributed by atoms with E-state index in [0.29, 0.717) is 0 Å². The molecule has 0 saturated heterocycles. The van der Waals surface area contributed by atoms with Crippen LogP contribution in [0.15, 0.2) is 36.4 Å². The monoisotopic (exact) mass is 438 g/mol. The van der Waals surface area contributed by atoms with E-state index < -0.39 is 0 Å². The molecule has 2 aromatic carbocycles. The Kier molecular flexibility index (Phi) is 7.54. The molecule has 2 amide bonds. The standard InChI is InChI=1S/C25H34N4OS/c1-28(2)16-17-29(15-14-19-8-4-3-5-9-19)31-27-25(30)26-24-22-12-6-10-20(22)18-21-11-7-13-23(21)24/h3-5,8-9,18H,6-7,10-17H2,1-2H3,(H2,26,27,30). The van der Waals surface area contributed by atoms with E-state index in [-0.39, 0.29) is 6.03 Å². The minimum atomic E-state index is -0.117. The molecule has 0 atom stereocenters. The van der Waals surface area contributed by atoms with Crippen molar-refractivity contribution in [3.05, 3.63) is 64.2 Å². The molecule has 0 fully saturated rings. The Morgan fingerprint density at radius 3 is 2.26 bits per heavy atom. The number of carbonyl (C=O) groups excluding carboxylic acids is 1. The number of nitrogens with zero attached hydrogens (tertiary/aromatic N) is 2. The normalized spacial score (nSPS) is 14.7. The molecule has 0 heterocycles. The van der Waals surface area contributed by atoms with Crippen molar-refractivity contribution in [1.82, 2.24) is 13.9 Å². The van der Waals surface area contributed by atoms with Crippen molar-refractivity contribution in [2.24, 2.45) is 0 Å². The number of amides is 2. The summed E-state index contributed by atoms with van der Waals surface area (Å²) < 4.78 is 5.29. The summed E-state index contributed by atoms with van der Waals surface area (Å²) in [5, 5.41) is 3.23. The van der Waals surface area contributed by atoms with Gasteiger partial charge in [0.15, 0.2) is 0 Å². The molecule has 2 aliphatic carbocycles. The van der Waals surface area contributed by atoms with Gasteiger partial charge in [-0.15, -0.1) is 0 Å². The first kappa shape index (κ1) is 22.2. The Hall–Kier alpha value is -2.02. The third-order valence-electron chi connectivity index (χ3n) is 6.27. The molecule has 31 heavy (non-hydrogen) atoms. The first-order valence-electron chi connectivity index (χ1n) is 11.4. The average Bonchev–Trinajstić information content (AvgIpc) is 3.43. The third-order valence-corrected chi connectivity index (χ3v) is 7.17. The van der Waals surface area contributed by atoms with E-state index in [1.165, 1.54) is 52.8 Å². The van der Waals surface area contributed by atoms with Gasteiger partial charge >= 0.3 is 6.03 Å². The zero-order valence-electron chi connectivity index (χ0n) is 18.7. The van der Waals surface area contributed by atoms with Crippen LogP contribution in [0.1, 0.15) is 40.7 Å². The minimum Gasteiger partial charge on any atom is -0.308 e. The topological polar surface area (TPSA) is 47.6 Å². The van der Waals surface area contributed by atoms with Crippen molar-refractivity contribution in [2.45, 2.75) is 44.9 Å². The van der Waals surface area contributed by atoms with Gasteiger partial charge in [-0.3, -0.25) is 4.72 Å². The number of hydrogen-bond donors (Lipinski definition) is 2. The van der Waals surface area contributed by atoms with Crippen molar-refractivity contribution in [3.63, 3.8) is 0 Å². The van der Waals surface area contributed by atoms with Crippen LogP contribution in [0.2, 0.25) is 0 Å². The fraction of sp³-hybridized carbons (Fsp3) is 0.480. The summed E-state index contributed by atoms with van der Waals surface area (Å²) in [7, 11) is 4.16. The molecule has 0 unspecified atom stereocenters. The molecule has 2 aromatic rings. The quantitative estimate of drug-likeness (QED) is 0.568. The lowest BCUT2D eigenvalue weighted by Crippen LogP contribution is -2.34. The highest BCUT2D eigenvalue weighted by atomic mass is 32.2. The molecule has 2 aliphatic rings. The van der Waals surface area contributed by atoms with E-state index >= 15 is 0 Å². The number of anilines is 1. The first-order chi connectivity index (χ1) is 15.1. The van der Waals surface area contributed by atoms with E-state index in [0.717, 1.165) is 57.4 Å². The lowest BCUT2D eigenvalue weighted by atomic mass is 9.99. The number of carbonyl (C=O) groups is 1. The number of hydrogen-bond acceptors (Lipinski definition) is 4. The number of likely N-dealkylation sites (N-methyl/N-ethyl adjacent to an activating group) is 1. The Labute approximate surface area is 190 Å². The molecule has 0 aromatic heterocycles. The fourth-order valence-corrected chi connectivity index (χ4v) is 5.24. The van der Waals surface area contributed by atoms with Crippen LogP contribution in [0.4, 0.5) is 10.5 Å². The van der Waals surface area contributed by atoms with E-state index in [9.17, 15) is 4.79 Å². The van der Waals surface area contributed by atoms with Crippen molar-refractivity contribution in [1.29, 1.82) is 0 Å². The van der Waals surface area contributed by atoms with Gasteiger partial charge in [0.1, 0.15) is 0 Å². The maximum atomic E-state index is 12.8. The second-order valence-corrected chi connectivity index (χ2v) is 9.75. The molecule has 0 aliphatic heterocycles. The van der Waals surface area contributed by atoms with Crippen molar-refractivity contribution < 1.29 is 4.79 Å². The molecule has 166 valence electrons. The minimum absolute atomic E-state index is 0.117. The van der Waals surface area contributed by atoms with Crippen LogP contribution in [0.25, 0.3) is 0 Å².